The van der Waals surface area contributed by atoms with Crippen LogP contribution in [0.25, 0.3) is 11.0 Å². The number of fused-ring (bicyclic) bond motifs is 1. The van der Waals surface area contributed by atoms with Crippen molar-refractivity contribution in [2.24, 2.45) is 0 Å². The molecule has 1 aromatic heterocycles. The topological polar surface area (TPSA) is 87.2 Å². The fourth-order valence-corrected chi connectivity index (χ4v) is 1.51. The van der Waals surface area contributed by atoms with E-state index < -0.39 is 6.09 Å². The second-order valence-corrected chi connectivity index (χ2v) is 3.54. The monoisotopic (exact) mass is 235 g/mol. The third-order valence-electron chi connectivity index (χ3n) is 2.17. The zero-order chi connectivity index (χ0) is 12.3. The van der Waals surface area contributed by atoms with Gasteiger partial charge in [0.2, 0.25) is 0 Å². The van der Waals surface area contributed by atoms with E-state index in [1.165, 1.54) is 0 Å². The predicted molar refractivity (Wildman–Crippen MR) is 62.9 cm³/mol. The number of nitrogens with one attached hydrogen (secondary N) is 2. The van der Waals surface area contributed by atoms with Gasteiger partial charge in [-0.25, -0.2) is 9.78 Å². The average molecular weight is 235 g/mol. The van der Waals surface area contributed by atoms with Crippen molar-refractivity contribution in [2.75, 3.05) is 18.5 Å². The lowest BCUT2D eigenvalue weighted by Crippen LogP contribution is -2.15. The first-order valence-corrected chi connectivity index (χ1v) is 5.20. The van der Waals surface area contributed by atoms with E-state index in [0.717, 1.165) is 16.9 Å². The van der Waals surface area contributed by atoms with Crippen LogP contribution in [-0.2, 0) is 4.74 Å². The number of nitrogens with zero attached hydrogens (tertiary/aromatic N) is 1. The van der Waals surface area contributed by atoms with Gasteiger partial charge in [0.1, 0.15) is 12.4 Å². The van der Waals surface area contributed by atoms with E-state index in [2.05, 4.69) is 20.0 Å². The molecule has 6 heteroatoms. The number of aliphatic hydroxyl groups is 1. The van der Waals surface area contributed by atoms with Crippen LogP contribution in [0, 0.1) is 6.92 Å². The van der Waals surface area contributed by atoms with Gasteiger partial charge in [-0.2, -0.15) is 0 Å². The van der Waals surface area contributed by atoms with Gasteiger partial charge in [-0.05, 0) is 25.1 Å². The summed E-state index contributed by atoms with van der Waals surface area (Å²) in [5.41, 5.74) is 2.31. The largest absolute Gasteiger partial charge is 0.447 e. The smallest absolute Gasteiger partial charge is 0.411 e. The number of rotatable bonds is 3. The molecule has 0 spiro atoms. The molecule has 2 rings (SSSR count). The van der Waals surface area contributed by atoms with Gasteiger partial charge in [0.15, 0.2) is 0 Å². The van der Waals surface area contributed by atoms with E-state index in [1.54, 1.807) is 18.2 Å². The van der Waals surface area contributed by atoms with Gasteiger partial charge in [-0.1, -0.05) is 0 Å². The van der Waals surface area contributed by atoms with Crippen LogP contribution < -0.4 is 5.32 Å². The molecule has 0 fully saturated rings. The van der Waals surface area contributed by atoms with E-state index in [4.69, 9.17) is 5.11 Å². The van der Waals surface area contributed by atoms with Crippen LogP contribution in [0.3, 0.4) is 0 Å². The Balaban J connectivity index is 2.10. The fraction of sp³-hybridized carbons (Fsp3) is 0.273. The Morgan fingerprint density at radius 1 is 1.59 bits per heavy atom. The van der Waals surface area contributed by atoms with Crippen molar-refractivity contribution in [1.82, 2.24) is 9.97 Å². The maximum Gasteiger partial charge on any atom is 0.411 e. The number of benzene rings is 1. The van der Waals surface area contributed by atoms with Gasteiger partial charge in [0, 0.05) is 5.69 Å². The first-order valence-electron chi connectivity index (χ1n) is 5.20. The maximum absolute atomic E-state index is 11.2. The Labute approximate surface area is 97.6 Å². The number of amides is 1. The average Bonchev–Trinajstić information content (AvgIpc) is 2.65. The van der Waals surface area contributed by atoms with Crippen LogP contribution in [0.2, 0.25) is 0 Å². The van der Waals surface area contributed by atoms with Gasteiger partial charge in [0.05, 0.1) is 17.6 Å². The molecular formula is C11H13N3O3. The van der Waals surface area contributed by atoms with Crippen molar-refractivity contribution >= 4 is 22.8 Å². The fourth-order valence-electron chi connectivity index (χ4n) is 1.51. The molecule has 0 atom stereocenters. The maximum atomic E-state index is 11.2. The SMILES string of the molecule is Cc1nc2ccc(NC(=O)OCCO)cc2[nH]1. The standard InChI is InChI=1S/C11H13N3O3/c1-7-12-9-3-2-8(6-10(9)13-7)14-11(16)17-5-4-15/h2-3,6,15H,4-5H2,1H3,(H,12,13)(H,14,16). The minimum Gasteiger partial charge on any atom is -0.447 e. The number of H-pyrrole nitrogens is 1. The molecule has 2 aromatic rings. The summed E-state index contributed by atoms with van der Waals surface area (Å²) in [6.45, 7) is 1.66. The summed E-state index contributed by atoms with van der Waals surface area (Å²) >= 11 is 0. The van der Waals surface area contributed by atoms with E-state index in [0.29, 0.717) is 5.69 Å². The lowest BCUT2D eigenvalue weighted by atomic mass is 10.3. The second kappa shape index (κ2) is 4.84. The number of carbonyl (C=O) groups excluding carboxylic acids is 1. The minimum atomic E-state index is -0.588. The van der Waals surface area contributed by atoms with Crippen molar-refractivity contribution < 1.29 is 14.6 Å². The van der Waals surface area contributed by atoms with E-state index in [1.807, 2.05) is 6.92 Å². The second-order valence-electron chi connectivity index (χ2n) is 3.54. The van der Waals surface area contributed by atoms with Crippen LogP contribution in [0.5, 0.6) is 0 Å². The van der Waals surface area contributed by atoms with Crippen molar-refractivity contribution in [2.45, 2.75) is 6.92 Å². The number of hydrogen-bond donors (Lipinski definition) is 3. The third kappa shape index (κ3) is 2.73. The Hall–Kier alpha value is -2.08. The summed E-state index contributed by atoms with van der Waals surface area (Å²) in [7, 11) is 0. The number of carbonyl (C=O) groups is 1. The number of hydrogen-bond acceptors (Lipinski definition) is 4. The number of aromatic nitrogens is 2. The van der Waals surface area contributed by atoms with Gasteiger partial charge in [0.25, 0.3) is 0 Å². The van der Waals surface area contributed by atoms with Crippen molar-refractivity contribution in [3.8, 4) is 0 Å². The van der Waals surface area contributed by atoms with Gasteiger partial charge in [-0.3, -0.25) is 5.32 Å². The molecule has 90 valence electrons. The van der Waals surface area contributed by atoms with Crippen LogP contribution >= 0.6 is 0 Å². The predicted octanol–water partition coefficient (Wildman–Crippen LogP) is 1.41. The number of imidazole rings is 1. The zero-order valence-electron chi connectivity index (χ0n) is 9.36. The molecule has 0 unspecified atom stereocenters. The number of anilines is 1. The van der Waals surface area contributed by atoms with Crippen LogP contribution in [-0.4, -0.2) is 34.4 Å². The van der Waals surface area contributed by atoms with Crippen molar-refractivity contribution in [3.05, 3.63) is 24.0 Å². The third-order valence-corrected chi connectivity index (χ3v) is 2.17. The highest BCUT2D eigenvalue weighted by Crippen LogP contribution is 2.17. The summed E-state index contributed by atoms with van der Waals surface area (Å²) in [5.74, 6) is 0.819. The highest BCUT2D eigenvalue weighted by atomic mass is 16.6. The molecule has 17 heavy (non-hydrogen) atoms. The summed E-state index contributed by atoms with van der Waals surface area (Å²) < 4.78 is 4.69. The minimum absolute atomic E-state index is 0.0166. The van der Waals surface area contributed by atoms with Crippen LogP contribution in [0.1, 0.15) is 5.82 Å². The molecule has 0 aliphatic heterocycles. The molecule has 0 radical (unpaired) electrons. The molecule has 0 saturated carbocycles. The Morgan fingerprint density at radius 2 is 2.41 bits per heavy atom. The van der Waals surface area contributed by atoms with Crippen molar-refractivity contribution in [3.63, 3.8) is 0 Å². The highest BCUT2D eigenvalue weighted by molar-refractivity contribution is 5.88. The van der Waals surface area contributed by atoms with Crippen LogP contribution in [0.15, 0.2) is 18.2 Å². The zero-order valence-corrected chi connectivity index (χ0v) is 9.36. The summed E-state index contributed by atoms with van der Waals surface area (Å²) in [6.07, 6.45) is -0.588. The molecule has 1 amide bonds. The molecular weight excluding hydrogens is 222 g/mol. The van der Waals surface area contributed by atoms with E-state index >= 15 is 0 Å². The molecule has 0 saturated heterocycles. The number of ether oxygens (including phenoxy) is 1. The Kier molecular flexibility index (Phi) is 3.24. The normalized spacial score (nSPS) is 10.5. The van der Waals surface area contributed by atoms with Crippen molar-refractivity contribution in [1.29, 1.82) is 0 Å². The molecule has 0 aliphatic rings. The summed E-state index contributed by atoms with van der Waals surface area (Å²) in [5, 5.41) is 11.1. The lowest BCUT2D eigenvalue weighted by molar-refractivity contribution is 0.131. The first-order chi connectivity index (χ1) is 8.19. The molecule has 1 aromatic carbocycles. The Morgan fingerprint density at radius 3 is 3.18 bits per heavy atom. The number of aryl methyl sites for hydroxylation is 1. The van der Waals surface area contributed by atoms with Gasteiger partial charge >= 0.3 is 6.09 Å². The lowest BCUT2D eigenvalue weighted by Gasteiger charge is -2.05. The molecule has 3 N–H and O–H groups in total. The molecule has 1 heterocycles. The van der Waals surface area contributed by atoms with E-state index in [-0.39, 0.29) is 13.2 Å². The van der Waals surface area contributed by atoms with Gasteiger partial charge in [-0.15, -0.1) is 0 Å². The molecule has 0 bridgehead atoms. The van der Waals surface area contributed by atoms with E-state index in [9.17, 15) is 4.79 Å². The first kappa shape index (κ1) is 11.4. The highest BCUT2D eigenvalue weighted by Gasteiger charge is 2.05. The summed E-state index contributed by atoms with van der Waals surface area (Å²) in [4.78, 5) is 18.6. The van der Waals surface area contributed by atoms with Gasteiger partial charge < -0.3 is 14.8 Å². The number of aromatic amines is 1. The molecule has 0 aliphatic carbocycles. The van der Waals surface area contributed by atoms with Crippen LogP contribution in [0.4, 0.5) is 10.5 Å². The Bertz CT molecular complexity index is 536. The summed E-state index contributed by atoms with van der Waals surface area (Å²) in [6, 6.07) is 5.32. The quantitative estimate of drug-likeness (QED) is 0.750. The molecule has 6 nitrogen and oxygen atoms in total. The number of aliphatic hydroxyl groups excluding tert-OH is 1.